The maximum atomic E-state index is 13.5. The number of carbonyl (C=O) groups excluding carboxylic acids is 2. The zero-order valence-corrected chi connectivity index (χ0v) is 17.7. The molecule has 1 N–H and O–H groups in total. The fraction of sp³-hybridized carbons (Fsp3) is 0.120. The highest BCUT2D eigenvalue weighted by molar-refractivity contribution is 6.48. The van der Waals surface area contributed by atoms with Gasteiger partial charge in [0.1, 0.15) is 5.70 Å². The van der Waals surface area contributed by atoms with Gasteiger partial charge in [-0.3, -0.25) is 9.59 Å². The van der Waals surface area contributed by atoms with Crippen molar-refractivity contribution >= 4 is 40.4 Å². The highest BCUT2D eigenvalue weighted by Crippen LogP contribution is 2.37. The Labute approximate surface area is 180 Å². The van der Waals surface area contributed by atoms with Gasteiger partial charge in [0.15, 0.2) is 0 Å². The van der Waals surface area contributed by atoms with Gasteiger partial charge in [-0.25, -0.2) is 4.90 Å². The maximum Gasteiger partial charge on any atom is 0.282 e. The van der Waals surface area contributed by atoms with Crippen LogP contribution >= 0.6 is 11.6 Å². The van der Waals surface area contributed by atoms with Gasteiger partial charge < -0.3 is 5.32 Å². The first kappa shape index (κ1) is 19.9. The van der Waals surface area contributed by atoms with E-state index in [9.17, 15) is 9.59 Å². The second-order valence-electron chi connectivity index (χ2n) is 7.41. The maximum absolute atomic E-state index is 13.5. The predicted octanol–water partition coefficient (Wildman–Crippen LogP) is 5.66. The Balaban J connectivity index is 1.90. The van der Waals surface area contributed by atoms with Crippen LogP contribution in [0.5, 0.6) is 0 Å². The van der Waals surface area contributed by atoms with Crippen molar-refractivity contribution in [2.24, 2.45) is 0 Å². The first-order valence-corrected chi connectivity index (χ1v) is 10.0. The summed E-state index contributed by atoms with van der Waals surface area (Å²) in [5.74, 6) is -0.817. The molecule has 1 aliphatic rings. The molecule has 1 heterocycles. The number of benzene rings is 3. The van der Waals surface area contributed by atoms with Crippen LogP contribution in [-0.4, -0.2) is 11.8 Å². The number of imide groups is 1. The van der Waals surface area contributed by atoms with Gasteiger partial charge in [0.2, 0.25) is 0 Å². The van der Waals surface area contributed by atoms with Gasteiger partial charge in [0.05, 0.1) is 16.3 Å². The van der Waals surface area contributed by atoms with E-state index in [1.807, 2.05) is 63.2 Å². The normalized spacial score (nSPS) is 13.9. The van der Waals surface area contributed by atoms with Gasteiger partial charge in [-0.15, -0.1) is 0 Å². The minimum Gasteiger partial charge on any atom is -0.350 e. The Morgan fingerprint density at radius 2 is 1.50 bits per heavy atom. The summed E-state index contributed by atoms with van der Waals surface area (Å²) in [6.45, 7) is 5.89. The summed E-state index contributed by atoms with van der Waals surface area (Å²) in [7, 11) is 0. The number of carbonyl (C=O) groups is 2. The average molecular weight is 417 g/mol. The smallest absolute Gasteiger partial charge is 0.282 e. The molecule has 4 nitrogen and oxygen atoms in total. The van der Waals surface area contributed by atoms with Gasteiger partial charge in [-0.2, -0.15) is 0 Å². The van der Waals surface area contributed by atoms with E-state index in [1.165, 1.54) is 0 Å². The average Bonchev–Trinajstić information content (AvgIpc) is 2.94. The lowest BCUT2D eigenvalue weighted by Gasteiger charge is -2.17. The third kappa shape index (κ3) is 3.40. The van der Waals surface area contributed by atoms with Crippen LogP contribution in [0.25, 0.3) is 5.57 Å². The first-order valence-electron chi connectivity index (χ1n) is 9.66. The summed E-state index contributed by atoms with van der Waals surface area (Å²) in [6, 6.07) is 20.4. The third-order valence-electron chi connectivity index (χ3n) is 5.23. The van der Waals surface area contributed by atoms with Crippen LogP contribution in [0.4, 0.5) is 11.4 Å². The van der Waals surface area contributed by atoms with Crippen molar-refractivity contribution in [3.63, 3.8) is 0 Å². The fourth-order valence-electron chi connectivity index (χ4n) is 3.69. The van der Waals surface area contributed by atoms with Gasteiger partial charge in [0, 0.05) is 5.69 Å². The Bertz CT molecular complexity index is 1210. The van der Waals surface area contributed by atoms with Gasteiger partial charge in [-0.05, 0) is 55.7 Å². The van der Waals surface area contributed by atoms with Gasteiger partial charge in [-0.1, -0.05) is 65.7 Å². The molecule has 5 heteroatoms. The highest BCUT2D eigenvalue weighted by Gasteiger charge is 2.41. The van der Waals surface area contributed by atoms with E-state index in [2.05, 4.69) is 5.32 Å². The topological polar surface area (TPSA) is 49.4 Å². The Morgan fingerprint density at radius 1 is 0.800 bits per heavy atom. The molecule has 0 saturated carbocycles. The zero-order valence-electron chi connectivity index (χ0n) is 17.0. The molecule has 3 aromatic carbocycles. The van der Waals surface area contributed by atoms with E-state index >= 15 is 0 Å². The summed E-state index contributed by atoms with van der Waals surface area (Å²) in [5, 5.41) is 3.57. The Hall–Kier alpha value is -3.37. The van der Waals surface area contributed by atoms with Crippen molar-refractivity contribution in [1.29, 1.82) is 0 Å². The number of amides is 2. The highest BCUT2D eigenvalue weighted by atomic mass is 35.5. The molecule has 0 fully saturated rings. The molecule has 0 unspecified atom stereocenters. The molecule has 3 aromatic rings. The molecule has 0 aromatic heterocycles. The van der Waals surface area contributed by atoms with Crippen molar-refractivity contribution in [3.05, 3.63) is 99.7 Å². The third-order valence-corrected chi connectivity index (χ3v) is 5.55. The van der Waals surface area contributed by atoms with E-state index in [-0.39, 0.29) is 5.70 Å². The number of nitrogens with one attached hydrogen (secondary N) is 1. The Morgan fingerprint density at radius 3 is 2.20 bits per heavy atom. The van der Waals surface area contributed by atoms with E-state index in [0.29, 0.717) is 16.3 Å². The number of para-hydroxylation sites is 2. The van der Waals surface area contributed by atoms with E-state index in [0.717, 1.165) is 32.8 Å². The summed E-state index contributed by atoms with van der Waals surface area (Å²) in [6.07, 6.45) is 0. The van der Waals surface area contributed by atoms with Gasteiger partial charge in [0.25, 0.3) is 11.8 Å². The summed E-state index contributed by atoms with van der Waals surface area (Å²) >= 11 is 6.33. The summed E-state index contributed by atoms with van der Waals surface area (Å²) in [5.41, 5.74) is 5.46. The molecule has 0 bridgehead atoms. The van der Waals surface area contributed by atoms with Crippen LogP contribution in [-0.2, 0) is 9.59 Å². The van der Waals surface area contributed by atoms with Gasteiger partial charge >= 0.3 is 0 Å². The number of aryl methyl sites for hydroxylation is 3. The van der Waals surface area contributed by atoms with E-state index in [1.54, 1.807) is 24.3 Å². The Kier molecular flexibility index (Phi) is 5.18. The molecular formula is C25H21ClN2O2. The standard InChI is InChI=1S/C25H21ClN2O2/c1-15-12-13-18(17(3)14-15)22-23(27-20-10-6-4-8-16(20)2)25(30)28(24(22)29)21-11-7-5-9-19(21)26/h4-14,27H,1-3H3. The van der Waals surface area contributed by atoms with Crippen LogP contribution in [0.1, 0.15) is 22.3 Å². The molecule has 0 radical (unpaired) electrons. The summed E-state index contributed by atoms with van der Waals surface area (Å²) < 4.78 is 0. The fourth-order valence-corrected chi connectivity index (χ4v) is 3.91. The first-order chi connectivity index (χ1) is 14.4. The van der Waals surface area contributed by atoms with Crippen LogP contribution in [0.3, 0.4) is 0 Å². The van der Waals surface area contributed by atoms with Crippen molar-refractivity contribution in [1.82, 2.24) is 0 Å². The SMILES string of the molecule is Cc1ccc(C2=C(Nc3ccccc3C)C(=O)N(c3ccccc3Cl)C2=O)c(C)c1. The molecule has 1 aliphatic heterocycles. The molecule has 150 valence electrons. The number of hydrogen-bond acceptors (Lipinski definition) is 3. The van der Waals surface area contributed by atoms with Crippen molar-refractivity contribution in [3.8, 4) is 0 Å². The summed E-state index contributed by atoms with van der Waals surface area (Å²) in [4.78, 5) is 28.2. The lowest BCUT2D eigenvalue weighted by molar-refractivity contribution is -0.120. The van der Waals surface area contributed by atoms with E-state index < -0.39 is 11.8 Å². The van der Waals surface area contributed by atoms with E-state index in [4.69, 9.17) is 11.6 Å². The minimum absolute atomic E-state index is 0.251. The largest absolute Gasteiger partial charge is 0.350 e. The number of nitrogens with zero attached hydrogens (tertiary/aromatic N) is 1. The molecule has 0 spiro atoms. The molecule has 0 aliphatic carbocycles. The van der Waals surface area contributed by atoms with Crippen LogP contribution in [0, 0.1) is 20.8 Å². The number of anilines is 2. The van der Waals surface area contributed by atoms with Crippen molar-refractivity contribution in [2.45, 2.75) is 20.8 Å². The lowest BCUT2D eigenvalue weighted by Crippen LogP contribution is -2.32. The molecule has 30 heavy (non-hydrogen) atoms. The monoisotopic (exact) mass is 416 g/mol. The molecule has 0 saturated heterocycles. The van der Waals surface area contributed by atoms with Crippen LogP contribution < -0.4 is 10.2 Å². The lowest BCUT2D eigenvalue weighted by atomic mass is 9.97. The van der Waals surface area contributed by atoms with Crippen molar-refractivity contribution < 1.29 is 9.59 Å². The predicted molar refractivity (Wildman–Crippen MR) is 122 cm³/mol. The molecular weight excluding hydrogens is 396 g/mol. The van der Waals surface area contributed by atoms with Crippen LogP contribution in [0.2, 0.25) is 5.02 Å². The number of hydrogen-bond donors (Lipinski definition) is 1. The molecule has 2 amide bonds. The minimum atomic E-state index is -0.425. The zero-order chi connectivity index (χ0) is 21.4. The quantitative estimate of drug-likeness (QED) is 0.558. The molecule has 0 atom stereocenters. The number of rotatable bonds is 4. The molecule has 4 rings (SSSR count). The second kappa shape index (κ2) is 7.81. The van der Waals surface area contributed by atoms with Crippen LogP contribution in [0.15, 0.2) is 72.4 Å². The number of halogens is 1. The second-order valence-corrected chi connectivity index (χ2v) is 7.81. The van der Waals surface area contributed by atoms with Crippen molar-refractivity contribution in [2.75, 3.05) is 10.2 Å².